The number of nitrogens with one attached hydrogen (secondary N) is 1. The van der Waals surface area contributed by atoms with Crippen LogP contribution in [0.2, 0.25) is 0 Å². The number of sulfonamides is 1. The minimum absolute atomic E-state index is 0.109. The van der Waals surface area contributed by atoms with Gasteiger partial charge in [-0.3, -0.25) is 4.79 Å². The first kappa shape index (κ1) is 23.1. The zero-order chi connectivity index (χ0) is 23.6. The molecule has 10 heteroatoms. The summed E-state index contributed by atoms with van der Waals surface area (Å²) >= 11 is 0. The monoisotopic (exact) mass is 474 g/mol. The van der Waals surface area contributed by atoms with Crippen molar-refractivity contribution in [1.29, 1.82) is 0 Å². The minimum atomic E-state index is -3.98. The molecule has 1 aromatic heterocycles. The Hall–Kier alpha value is -3.11. The van der Waals surface area contributed by atoms with E-state index in [-0.39, 0.29) is 29.7 Å². The van der Waals surface area contributed by atoms with Crippen LogP contribution in [0.25, 0.3) is 0 Å². The zero-order valence-corrected chi connectivity index (χ0v) is 18.8. The Kier molecular flexibility index (Phi) is 6.57. The van der Waals surface area contributed by atoms with Crippen molar-refractivity contribution in [3.05, 3.63) is 83.9 Å². The summed E-state index contributed by atoms with van der Waals surface area (Å²) in [6.45, 7) is 0.219. The highest BCUT2D eigenvalue weighted by molar-refractivity contribution is 7.89. The van der Waals surface area contributed by atoms with Gasteiger partial charge >= 0.3 is 0 Å². The second-order valence-corrected chi connectivity index (χ2v) is 9.90. The fraction of sp³-hybridized carbons (Fsp3) is 0.304. The van der Waals surface area contributed by atoms with Crippen LogP contribution in [0.5, 0.6) is 0 Å². The number of rotatable bonds is 6. The van der Waals surface area contributed by atoms with Gasteiger partial charge < -0.3 is 9.88 Å². The summed E-state index contributed by atoms with van der Waals surface area (Å²) in [5, 5.41) is 2.99. The second-order valence-electron chi connectivity index (χ2n) is 8.00. The molecule has 2 aromatic carbocycles. The smallest absolute Gasteiger partial charge is 0.245 e. The van der Waals surface area contributed by atoms with Gasteiger partial charge in [-0.1, -0.05) is 24.3 Å². The van der Waals surface area contributed by atoms with Gasteiger partial charge in [-0.2, -0.15) is 4.31 Å². The maximum atomic E-state index is 14.0. The number of imidazole rings is 1. The predicted molar refractivity (Wildman–Crippen MR) is 117 cm³/mol. The molecule has 33 heavy (non-hydrogen) atoms. The van der Waals surface area contributed by atoms with E-state index < -0.39 is 27.8 Å². The number of nitrogens with zero attached hydrogens (tertiary/aromatic N) is 3. The number of benzene rings is 2. The largest absolute Gasteiger partial charge is 0.342 e. The summed E-state index contributed by atoms with van der Waals surface area (Å²) in [5.41, 5.74) is 0.679. The summed E-state index contributed by atoms with van der Waals surface area (Å²) in [5.74, 6) is -1.24. The number of hydrogen-bond donors (Lipinski definition) is 1. The van der Waals surface area contributed by atoms with Gasteiger partial charge in [-0.15, -0.1) is 0 Å². The van der Waals surface area contributed by atoms with Gasteiger partial charge in [0.25, 0.3) is 0 Å². The molecule has 4 rings (SSSR count). The quantitative estimate of drug-likeness (QED) is 0.595. The average molecular weight is 475 g/mol. The van der Waals surface area contributed by atoms with Crippen LogP contribution < -0.4 is 5.32 Å². The lowest BCUT2D eigenvalue weighted by Gasteiger charge is -2.31. The molecule has 0 spiro atoms. The van der Waals surface area contributed by atoms with Crippen LogP contribution in [0.4, 0.5) is 8.78 Å². The molecule has 0 radical (unpaired) electrons. The number of aryl methyl sites for hydroxylation is 1. The molecule has 0 bridgehead atoms. The molecule has 0 saturated carbocycles. The highest BCUT2D eigenvalue weighted by atomic mass is 32.2. The van der Waals surface area contributed by atoms with Crippen LogP contribution in [0.15, 0.2) is 65.8 Å². The molecule has 2 heterocycles. The first-order valence-electron chi connectivity index (χ1n) is 10.5. The van der Waals surface area contributed by atoms with Gasteiger partial charge in [0.15, 0.2) is 0 Å². The van der Waals surface area contributed by atoms with E-state index >= 15 is 0 Å². The number of piperidine rings is 1. The molecule has 0 aliphatic carbocycles. The molecule has 1 fully saturated rings. The van der Waals surface area contributed by atoms with Crippen LogP contribution in [0, 0.1) is 17.6 Å². The van der Waals surface area contributed by atoms with Crippen LogP contribution in [0.3, 0.4) is 0 Å². The van der Waals surface area contributed by atoms with E-state index in [0.29, 0.717) is 24.2 Å². The van der Waals surface area contributed by atoms with Crippen molar-refractivity contribution in [3.8, 4) is 0 Å². The normalized spacial score (nSPS) is 16.5. The average Bonchev–Trinajstić information content (AvgIpc) is 3.24. The lowest BCUT2D eigenvalue weighted by Crippen LogP contribution is -2.44. The van der Waals surface area contributed by atoms with Crippen molar-refractivity contribution in [2.45, 2.75) is 23.8 Å². The Balaban J connectivity index is 1.47. The van der Waals surface area contributed by atoms with Gasteiger partial charge in [0.2, 0.25) is 15.9 Å². The van der Waals surface area contributed by atoms with E-state index in [1.54, 1.807) is 36.1 Å². The molecule has 7 nitrogen and oxygen atoms in total. The van der Waals surface area contributed by atoms with Crippen LogP contribution in [-0.2, 0) is 21.9 Å². The van der Waals surface area contributed by atoms with E-state index in [4.69, 9.17) is 0 Å². The standard InChI is InChI=1S/C23H24F2N4O3S/c1-28-15-12-26-22(28)21(16-6-8-18(24)9-7-16)27-23(30)17-10-13-29(14-11-17)33(31,32)20-5-3-2-4-19(20)25/h2-9,12,15,17,21H,10-11,13-14H2,1H3,(H,27,30). The Bertz CT molecular complexity index is 1240. The SMILES string of the molecule is Cn1ccnc1C(NC(=O)C1CCN(S(=O)(=O)c2ccccc2F)CC1)c1ccc(F)cc1. The van der Waals surface area contributed by atoms with Crippen molar-refractivity contribution in [2.75, 3.05) is 13.1 Å². The summed E-state index contributed by atoms with van der Waals surface area (Å²) in [4.78, 5) is 17.1. The maximum Gasteiger partial charge on any atom is 0.245 e. The number of carbonyl (C=O) groups excluding carboxylic acids is 1. The van der Waals surface area contributed by atoms with Crippen molar-refractivity contribution in [3.63, 3.8) is 0 Å². The summed E-state index contributed by atoms with van der Waals surface area (Å²) in [7, 11) is -2.17. The number of aromatic nitrogens is 2. The van der Waals surface area contributed by atoms with Gasteiger partial charge in [-0.05, 0) is 42.7 Å². The molecule has 3 aromatic rings. The van der Waals surface area contributed by atoms with E-state index in [2.05, 4.69) is 10.3 Å². The van der Waals surface area contributed by atoms with Crippen molar-refractivity contribution in [1.82, 2.24) is 19.2 Å². The van der Waals surface area contributed by atoms with E-state index in [0.717, 1.165) is 6.07 Å². The Labute approximate surface area is 191 Å². The van der Waals surface area contributed by atoms with Gasteiger partial charge in [-0.25, -0.2) is 22.2 Å². The molecular weight excluding hydrogens is 450 g/mol. The van der Waals surface area contributed by atoms with E-state index in [1.165, 1.54) is 34.6 Å². The highest BCUT2D eigenvalue weighted by Gasteiger charge is 2.34. The Morgan fingerprint density at radius 2 is 1.76 bits per heavy atom. The zero-order valence-electron chi connectivity index (χ0n) is 18.0. The molecule has 174 valence electrons. The topological polar surface area (TPSA) is 84.3 Å². The third kappa shape index (κ3) is 4.81. The molecule has 1 atom stereocenters. The lowest BCUT2D eigenvalue weighted by molar-refractivity contribution is -0.126. The van der Waals surface area contributed by atoms with Gasteiger partial charge in [0, 0.05) is 38.4 Å². The van der Waals surface area contributed by atoms with Crippen molar-refractivity contribution >= 4 is 15.9 Å². The predicted octanol–water partition coefficient (Wildman–Crippen LogP) is 3.00. The second kappa shape index (κ2) is 9.40. The molecule has 1 aliphatic rings. The number of amides is 1. The first-order chi connectivity index (χ1) is 15.8. The lowest BCUT2D eigenvalue weighted by atomic mass is 9.96. The third-order valence-corrected chi connectivity index (χ3v) is 7.82. The third-order valence-electron chi connectivity index (χ3n) is 5.89. The fourth-order valence-corrected chi connectivity index (χ4v) is 5.55. The molecular formula is C23H24F2N4O3S. The Morgan fingerprint density at radius 1 is 1.09 bits per heavy atom. The maximum absolute atomic E-state index is 14.0. The molecule has 1 saturated heterocycles. The van der Waals surface area contributed by atoms with Crippen molar-refractivity contribution in [2.24, 2.45) is 13.0 Å². The molecule has 1 amide bonds. The summed E-state index contributed by atoms with van der Waals surface area (Å²) in [6, 6.07) is 10.5. The molecule has 1 N–H and O–H groups in total. The Morgan fingerprint density at radius 3 is 2.36 bits per heavy atom. The van der Waals surface area contributed by atoms with Crippen LogP contribution in [0.1, 0.15) is 30.3 Å². The summed E-state index contributed by atoms with van der Waals surface area (Å²) < 4.78 is 56.1. The number of halogens is 2. The number of carbonyl (C=O) groups is 1. The van der Waals surface area contributed by atoms with E-state index in [1.807, 2.05) is 0 Å². The van der Waals surface area contributed by atoms with Gasteiger partial charge in [0.1, 0.15) is 28.4 Å². The summed E-state index contributed by atoms with van der Waals surface area (Å²) in [6.07, 6.45) is 3.97. The highest BCUT2D eigenvalue weighted by Crippen LogP contribution is 2.27. The fourth-order valence-electron chi connectivity index (χ4n) is 4.02. The number of hydrogen-bond acceptors (Lipinski definition) is 4. The van der Waals surface area contributed by atoms with E-state index in [9.17, 15) is 22.0 Å². The van der Waals surface area contributed by atoms with Crippen molar-refractivity contribution < 1.29 is 22.0 Å². The van der Waals surface area contributed by atoms with Gasteiger partial charge in [0.05, 0.1) is 0 Å². The minimum Gasteiger partial charge on any atom is -0.342 e. The first-order valence-corrected chi connectivity index (χ1v) is 12.0. The van der Waals surface area contributed by atoms with Crippen LogP contribution in [-0.4, -0.2) is 41.3 Å². The van der Waals surface area contributed by atoms with Crippen LogP contribution >= 0.6 is 0 Å². The molecule has 1 aliphatic heterocycles. The molecule has 1 unspecified atom stereocenters.